The molecule has 1 saturated heterocycles. The molecule has 1 aliphatic heterocycles. The van der Waals surface area contributed by atoms with Gasteiger partial charge in [0.15, 0.2) is 0 Å². The maximum absolute atomic E-state index is 6.12. The molecule has 4 heteroatoms. The summed E-state index contributed by atoms with van der Waals surface area (Å²) in [5.41, 5.74) is 1.61. The van der Waals surface area contributed by atoms with E-state index < -0.39 is 0 Å². The quantitative estimate of drug-likeness (QED) is 0.790. The summed E-state index contributed by atoms with van der Waals surface area (Å²) in [4.78, 5) is 2.54. The van der Waals surface area contributed by atoms with Crippen LogP contribution in [0.5, 0.6) is 0 Å². The van der Waals surface area contributed by atoms with E-state index >= 15 is 0 Å². The van der Waals surface area contributed by atoms with Gasteiger partial charge in [-0.1, -0.05) is 30.9 Å². The van der Waals surface area contributed by atoms with Crippen molar-refractivity contribution < 1.29 is 0 Å². The fourth-order valence-electron chi connectivity index (χ4n) is 3.59. The van der Waals surface area contributed by atoms with E-state index in [1.165, 1.54) is 37.8 Å². The van der Waals surface area contributed by atoms with Gasteiger partial charge in [-0.25, -0.2) is 0 Å². The van der Waals surface area contributed by atoms with Gasteiger partial charge >= 0.3 is 0 Å². The van der Waals surface area contributed by atoms with E-state index in [9.17, 15) is 0 Å². The van der Waals surface area contributed by atoms with Crippen LogP contribution in [0, 0.1) is 0 Å². The van der Waals surface area contributed by atoms with Crippen LogP contribution in [0.2, 0.25) is 5.02 Å². The molecule has 1 aromatic rings. The predicted molar refractivity (Wildman–Crippen MR) is 89.8 cm³/mol. The molecule has 2 nitrogen and oxygen atoms in total. The highest BCUT2D eigenvalue weighted by Crippen LogP contribution is 2.35. The third-order valence-electron chi connectivity index (χ3n) is 4.82. The molecule has 1 heterocycles. The van der Waals surface area contributed by atoms with Gasteiger partial charge in [-0.15, -0.1) is 0 Å². The first kappa shape index (κ1) is 14.7. The first-order valence-electron chi connectivity index (χ1n) is 7.56. The standard InChI is InChI=1S/C16H22BrClN2/c1-12-10-19-16(7-3-2-4-8-16)11-20(12)13-5-6-15(18)14(17)9-13/h5-6,9,12,19H,2-4,7-8,10-11H2,1H3. The monoisotopic (exact) mass is 356 g/mol. The van der Waals surface area contributed by atoms with Gasteiger partial charge in [0.05, 0.1) is 5.02 Å². The zero-order valence-corrected chi connectivity index (χ0v) is 14.3. The average molecular weight is 358 g/mol. The van der Waals surface area contributed by atoms with Crippen LogP contribution in [0.4, 0.5) is 5.69 Å². The van der Waals surface area contributed by atoms with Gasteiger partial charge in [-0.05, 0) is 53.9 Å². The summed E-state index contributed by atoms with van der Waals surface area (Å²) in [5.74, 6) is 0. The molecule has 0 aromatic heterocycles. The topological polar surface area (TPSA) is 15.3 Å². The summed E-state index contributed by atoms with van der Waals surface area (Å²) in [6.45, 7) is 4.48. The van der Waals surface area contributed by atoms with E-state index in [0.29, 0.717) is 11.6 Å². The summed E-state index contributed by atoms with van der Waals surface area (Å²) in [6, 6.07) is 6.81. The minimum Gasteiger partial charge on any atom is -0.366 e. The van der Waals surface area contributed by atoms with Crippen molar-refractivity contribution in [2.45, 2.75) is 50.6 Å². The lowest BCUT2D eigenvalue weighted by atomic mass is 9.79. The number of benzene rings is 1. The second kappa shape index (κ2) is 5.86. The van der Waals surface area contributed by atoms with Gasteiger partial charge in [0.2, 0.25) is 0 Å². The van der Waals surface area contributed by atoms with Crippen LogP contribution in [0.25, 0.3) is 0 Å². The zero-order chi connectivity index (χ0) is 14.2. The van der Waals surface area contributed by atoms with Crippen LogP contribution in [0.15, 0.2) is 22.7 Å². The largest absolute Gasteiger partial charge is 0.366 e. The van der Waals surface area contributed by atoms with Crippen molar-refractivity contribution in [2.24, 2.45) is 0 Å². The molecule has 20 heavy (non-hydrogen) atoms. The van der Waals surface area contributed by atoms with Gasteiger partial charge < -0.3 is 10.2 Å². The molecule has 110 valence electrons. The Morgan fingerprint density at radius 2 is 2.05 bits per heavy atom. The Morgan fingerprint density at radius 3 is 2.75 bits per heavy atom. The molecule has 2 fully saturated rings. The Hall–Kier alpha value is -0.250. The van der Waals surface area contributed by atoms with Crippen LogP contribution in [-0.4, -0.2) is 24.7 Å². The Labute approximate surface area is 135 Å². The van der Waals surface area contributed by atoms with E-state index in [4.69, 9.17) is 11.6 Å². The normalized spacial score (nSPS) is 25.9. The second-order valence-corrected chi connectivity index (χ2v) is 7.56. The van der Waals surface area contributed by atoms with Gasteiger partial charge in [0.1, 0.15) is 0 Å². The number of anilines is 1. The maximum atomic E-state index is 6.12. The summed E-state index contributed by atoms with van der Waals surface area (Å²) in [5, 5.41) is 4.61. The third kappa shape index (κ3) is 2.86. The molecule has 1 unspecified atom stereocenters. The minimum absolute atomic E-state index is 0.330. The van der Waals surface area contributed by atoms with E-state index in [1.54, 1.807) is 0 Å². The molecular formula is C16H22BrClN2. The van der Waals surface area contributed by atoms with Gasteiger partial charge in [0.25, 0.3) is 0 Å². The van der Waals surface area contributed by atoms with E-state index in [2.05, 4.69) is 45.2 Å². The summed E-state index contributed by atoms with van der Waals surface area (Å²) < 4.78 is 0.986. The minimum atomic E-state index is 0.330. The highest BCUT2D eigenvalue weighted by Gasteiger charge is 2.38. The molecule has 1 aliphatic carbocycles. The van der Waals surface area contributed by atoms with Crippen molar-refractivity contribution in [3.63, 3.8) is 0 Å². The summed E-state index contributed by atoms with van der Waals surface area (Å²) >= 11 is 9.67. The highest BCUT2D eigenvalue weighted by molar-refractivity contribution is 9.10. The van der Waals surface area contributed by atoms with Crippen molar-refractivity contribution >= 4 is 33.2 Å². The Bertz CT molecular complexity index is 485. The van der Waals surface area contributed by atoms with Crippen molar-refractivity contribution in [3.05, 3.63) is 27.7 Å². The Balaban J connectivity index is 1.84. The van der Waals surface area contributed by atoms with Crippen molar-refractivity contribution in [2.75, 3.05) is 18.0 Å². The highest BCUT2D eigenvalue weighted by atomic mass is 79.9. The van der Waals surface area contributed by atoms with Crippen molar-refractivity contribution in [3.8, 4) is 0 Å². The Morgan fingerprint density at radius 1 is 1.30 bits per heavy atom. The molecule has 1 saturated carbocycles. The van der Waals surface area contributed by atoms with E-state index in [1.807, 2.05) is 6.07 Å². The molecule has 0 radical (unpaired) electrons. The molecule has 2 aliphatic rings. The summed E-state index contributed by atoms with van der Waals surface area (Å²) in [7, 11) is 0. The number of rotatable bonds is 1. The zero-order valence-electron chi connectivity index (χ0n) is 12.0. The number of nitrogens with zero attached hydrogens (tertiary/aromatic N) is 1. The number of hydrogen-bond acceptors (Lipinski definition) is 2. The molecule has 0 bridgehead atoms. The van der Waals surface area contributed by atoms with Crippen LogP contribution in [-0.2, 0) is 0 Å². The Kier molecular flexibility index (Phi) is 4.30. The second-order valence-electron chi connectivity index (χ2n) is 6.30. The predicted octanol–water partition coefficient (Wildman–Crippen LogP) is 4.60. The van der Waals surface area contributed by atoms with E-state index in [0.717, 1.165) is 22.6 Å². The fraction of sp³-hybridized carbons (Fsp3) is 0.625. The van der Waals surface area contributed by atoms with Crippen LogP contribution in [0.1, 0.15) is 39.0 Å². The van der Waals surface area contributed by atoms with Crippen LogP contribution < -0.4 is 10.2 Å². The lowest BCUT2D eigenvalue weighted by Gasteiger charge is -2.50. The van der Waals surface area contributed by atoms with Crippen molar-refractivity contribution in [1.29, 1.82) is 0 Å². The molecule has 0 amide bonds. The average Bonchev–Trinajstić information content (AvgIpc) is 2.46. The van der Waals surface area contributed by atoms with Crippen molar-refractivity contribution in [1.82, 2.24) is 5.32 Å². The number of hydrogen-bond donors (Lipinski definition) is 1. The number of piperazine rings is 1. The molecule has 3 rings (SSSR count). The van der Waals surface area contributed by atoms with Gasteiger partial charge in [0, 0.05) is 34.8 Å². The smallest absolute Gasteiger partial charge is 0.0549 e. The maximum Gasteiger partial charge on any atom is 0.0549 e. The first-order valence-corrected chi connectivity index (χ1v) is 8.73. The third-order valence-corrected chi connectivity index (χ3v) is 6.04. The number of halogens is 2. The molecule has 1 aromatic carbocycles. The molecule has 1 atom stereocenters. The lowest BCUT2D eigenvalue weighted by Crippen LogP contribution is -2.64. The molecule has 1 N–H and O–H groups in total. The summed E-state index contributed by atoms with van der Waals surface area (Å²) in [6.07, 6.45) is 6.74. The first-order chi connectivity index (χ1) is 9.60. The van der Waals surface area contributed by atoms with Gasteiger partial charge in [-0.3, -0.25) is 0 Å². The van der Waals surface area contributed by atoms with Gasteiger partial charge in [-0.2, -0.15) is 0 Å². The molecular weight excluding hydrogens is 336 g/mol. The SMILES string of the molecule is CC1CNC2(CCCCC2)CN1c1ccc(Cl)c(Br)c1. The lowest BCUT2D eigenvalue weighted by molar-refractivity contribution is 0.200. The fourth-order valence-corrected chi connectivity index (χ4v) is 4.07. The number of nitrogens with one attached hydrogen (secondary N) is 1. The van der Waals surface area contributed by atoms with Crippen LogP contribution >= 0.6 is 27.5 Å². The van der Waals surface area contributed by atoms with Crippen LogP contribution in [0.3, 0.4) is 0 Å². The molecule has 1 spiro atoms. The van der Waals surface area contributed by atoms with E-state index in [-0.39, 0.29) is 0 Å².